The Morgan fingerprint density at radius 1 is 0.782 bits per heavy atom. The van der Waals surface area contributed by atoms with Crippen molar-refractivity contribution >= 4 is 39.8 Å². The number of nitro groups is 2. The predicted octanol–water partition coefficient (Wildman–Crippen LogP) is 7.36. The first-order valence-corrected chi connectivity index (χ1v) is 15.3. The zero-order valence-electron chi connectivity index (χ0n) is 29.2. The van der Waals surface area contributed by atoms with Crippen molar-refractivity contribution in [2.75, 3.05) is 0 Å². The summed E-state index contributed by atoms with van der Waals surface area (Å²) < 4.78 is 1.91. The summed E-state index contributed by atoms with van der Waals surface area (Å²) in [6.45, 7) is 13.5. The number of non-ortho nitro benzene ring substituents is 2. The van der Waals surface area contributed by atoms with Crippen LogP contribution in [0.3, 0.4) is 0 Å². The van der Waals surface area contributed by atoms with Gasteiger partial charge in [-0.3, -0.25) is 39.0 Å². The number of azo groups is 2. The van der Waals surface area contributed by atoms with E-state index in [1.165, 1.54) is 13.8 Å². The first-order chi connectivity index (χ1) is 25.6. The maximum atomic E-state index is 12.3. The van der Waals surface area contributed by atoms with Gasteiger partial charge >= 0.3 is 0 Å². The number of hydrogen-bond acceptors (Lipinski definition) is 15. The molecular weight excluding hydrogens is 767 g/mol. The van der Waals surface area contributed by atoms with Crippen LogP contribution in [0.25, 0.3) is 4.85 Å². The number of allylic oxidation sites excluding steroid dienone is 4. The number of aromatic hydroxyl groups is 4. The van der Waals surface area contributed by atoms with Gasteiger partial charge in [0.2, 0.25) is 11.8 Å². The molecule has 4 N–H and O–H groups in total. The van der Waals surface area contributed by atoms with E-state index < -0.39 is 32.7 Å². The average Bonchev–Trinajstić information content (AvgIpc) is 3.13. The Labute approximate surface area is 320 Å². The molecule has 0 saturated carbocycles. The topological polar surface area (TPSA) is 289 Å². The molecule has 2 aromatic heterocycles. The summed E-state index contributed by atoms with van der Waals surface area (Å²) in [5.41, 5.74) is -2.88. The summed E-state index contributed by atoms with van der Waals surface area (Å²) in [5, 5.41) is 86.4. The van der Waals surface area contributed by atoms with Crippen LogP contribution in [0.1, 0.15) is 30.5 Å². The molecule has 0 atom stereocenters. The number of nitrogens with zero attached hydrogens (tertiary/aromatic N) is 10. The fourth-order valence-electron chi connectivity index (χ4n) is 4.48. The fourth-order valence-corrected chi connectivity index (χ4v) is 4.48. The summed E-state index contributed by atoms with van der Waals surface area (Å²) in [6, 6.07) is 8.18. The van der Waals surface area contributed by atoms with Gasteiger partial charge in [-0.05, 0) is 45.4 Å². The van der Waals surface area contributed by atoms with Crippen molar-refractivity contribution in [2.24, 2.45) is 20.5 Å². The summed E-state index contributed by atoms with van der Waals surface area (Å²) >= 11 is 0. The Balaban J connectivity index is 0.000000373. The van der Waals surface area contributed by atoms with Gasteiger partial charge in [0.15, 0.2) is 5.69 Å². The maximum absolute atomic E-state index is 12.3. The van der Waals surface area contributed by atoms with Gasteiger partial charge in [0.25, 0.3) is 28.2 Å². The predicted molar refractivity (Wildman–Crippen MR) is 193 cm³/mol. The third-order valence-electron chi connectivity index (χ3n) is 7.41. The minimum atomic E-state index is -0.678. The molecule has 0 saturated heterocycles. The molecular formula is C34H30CoN10O10. The summed E-state index contributed by atoms with van der Waals surface area (Å²) in [5.74, 6) is -1.72. The first kappa shape index (κ1) is 43.7. The molecule has 0 amide bonds. The van der Waals surface area contributed by atoms with Gasteiger partial charge in [-0.15, -0.1) is 20.5 Å². The van der Waals surface area contributed by atoms with Crippen molar-refractivity contribution in [2.45, 2.75) is 40.8 Å². The smallest absolute Gasteiger partial charge is 0.271 e. The SMILES string of the molecule is C/C=C/Cn1c(O)c(N=Nc2cc([N+](=O)[O-])ccc2O)c(C)c(C#N)c1=O.[C-]#[N+]c1c(C)c(N=Nc2cc([N+](=O)[O-])ccc2O)c(O)n(C/C=C/C)c1=O.[Co]. The standard InChI is InChI=1S/2C17H15N5O5.Co/c1-4-5-8-21-16(24)14(18-3)10(2)15(17(21)25)20-19-12-9-11(22(26)27)6-7-13(12)23;1-3-4-7-21-16(24)12(9-18)10(2)15(17(21)25)20-19-13-8-11(22(26)27)5-6-14(13)23;/h4-7,9,23,25H,8H2,1-2H3;3-6,8,23,25H,7H2,1-2H3;/b5-4+,20-19?;4-3+,20-19?;. The molecule has 55 heavy (non-hydrogen) atoms. The molecule has 0 bridgehead atoms. The summed E-state index contributed by atoms with van der Waals surface area (Å²) in [6.07, 6.45) is 6.55. The van der Waals surface area contributed by atoms with E-state index in [9.17, 15) is 55.5 Å². The van der Waals surface area contributed by atoms with E-state index in [1.54, 1.807) is 44.2 Å². The molecule has 2 heterocycles. The molecule has 0 spiro atoms. The van der Waals surface area contributed by atoms with Crippen molar-refractivity contribution in [1.29, 1.82) is 5.26 Å². The van der Waals surface area contributed by atoms with E-state index in [1.807, 2.05) is 0 Å². The zero-order valence-corrected chi connectivity index (χ0v) is 30.3. The van der Waals surface area contributed by atoms with Crippen molar-refractivity contribution in [3.63, 3.8) is 0 Å². The van der Waals surface area contributed by atoms with E-state index in [2.05, 4.69) is 25.3 Å². The van der Waals surface area contributed by atoms with Crippen LogP contribution in [0, 0.1) is 52.0 Å². The van der Waals surface area contributed by atoms with Gasteiger partial charge in [0.1, 0.15) is 40.2 Å². The van der Waals surface area contributed by atoms with Gasteiger partial charge < -0.3 is 20.4 Å². The van der Waals surface area contributed by atoms with Crippen molar-refractivity contribution in [3.05, 3.63) is 130 Å². The molecule has 0 aliphatic heterocycles. The number of phenolic OH excluding ortho intramolecular Hbond substituents is 2. The Kier molecular flexibility index (Phi) is 15.4. The molecule has 285 valence electrons. The third kappa shape index (κ3) is 9.89. The number of aromatic nitrogens is 2. The minimum Gasteiger partial charge on any atom is -0.506 e. The zero-order chi connectivity index (χ0) is 40.3. The Morgan fingerprint density at radius 3 is 1.58 bits per heavy atom. The van der Waals surface area contributed by atoms with Crippen LogP contribution in [0.15, 0.2) is 90.7 Å². The van der Waals surface area contributed by atoms with Crippen LogP contribution in [0.5, 0.6) is 23.3 Å². The van der Waals surface area contributed by atoms with Gasteiger partial charge in [0.05, 0.1) is 16.4 Å². The second-order valence-electron chi connectivity index (χ2n) is 10.8. The van der Waals surface area contributed by atoms with Crippen molar-refractivity contribution in [3.8, 4) is 29.3 Å². The largest absolute Gasteiger partial charge is 0.506 e. The Hall–Kier alpha value is -7.49. The molecule has 2 aromatic carbocycles. The Bertz CT molecular complexity index is 2300. The van der Waals surface area contributed by atoms with Crippen LogP contribution >= 0.6 is 0 Å². The minimum absolute atomic E-state index is 0. The fraction of sp³-hybridized carbons (Fsp3) is 0.176. The van der Waals surface area contributed by atoms with Gasteiger partial charge in [-0.1, -0.05) is 24.3 Å². The quantitative estimate of drug-likeness (QED) is 0.0404. The van der Waals surface area contributed by atoms with E-state index in [0.29, 0.717) is 0 Å². The molecule has 4 aromatic rings. The normalized spacial score (nSPS) is 10.9. The number of pyridine rings is 2. The van der Waals surface area contributed by atoms with Crippen LogP contribution in [0.2, 0.25) is 0 Å². The Morgan fingerprint density at radius 2 is 1.20 bits per heavy atom. The van der Waals surface area contributed by atoms with Crippen LogP contribution in [-0.2, 0) is 29.9 Å². The molecule has 4 rings (SSSR count). The molecule has 0 aliphatic carbocycles. The molecule has 0 fully saturated rings. The number of benzene rings is 2. The first-order valence-electron chi connectivity index (χ1n) is 15.3. The number of phenols is 2. The van der Waals surface area contributed by atoms with E-state index in [-0.39, 0.29) is 97.9 Å². The number of nitro benzene ring substituents is 2. The van der Waals surface area contributed by atoms with Gasteiger partial charge in [-0.25, -0.2) is 4.85 Å². The summed E-state index contributed by atoms with van der Waals surface area (Å²) in [7, 11) is 0. The van der Waals surface area contributed by atoms with Crippen LogP contribution in [-0.4, -0.2) is 39.4 Å². The maximum Gasteiger partial charge on any atom is 0.271 e. The van der Waals surface area contributed by atoms with Crippen molar-refractivity contribution < 1.29 is 47.1 Å². The van der Waals surface area contributed by atoms with Crippen LogP contribution in [0.4, 0.5) is 39.8 Å². The number of hydrogen-bond donors (Lipinski definition) is 4. The molecule has 0 unspecified atom stereocenters. The summed E-state index contributed by atoms with van der Waals surface area (Å²) in [4.78, 5) is 48.2. The van der Waals surface area contributed by atoms with Gasteiger partial charge in [0, 0.05) is 59.7 Å². The van der Waals surface area contributed by atoms with Gasteiger partial charge in [-0.2, -0.15) is 5.26 Å². The number of nitriles is 1. The number of rotatable bonds is 10. The monoisotopic (exact) mass is 797 g/mol. The molecule has 20 nitrogen and oxygen atoms in total. The second kappa shape index (κ2) is 19.4. The second-order valence-corrected chi connectivity index (χ2v) is 10.8. The van der Waals surface area contributed by atoms with Crippen molar-refractivity contribution in [1.82, 2.24) is 9.13 Å². The van der Waals surface area contributed by atoms with E-state index in [4.69, 9.17) is 6.57 Å². The van der Waals surface area contributed by atoms with E-state index in [0.717, 1.165) is 45.5 Å². The molecule has 21 heteroatoms. The van der Waals surface area contributed by atoms with E-state index >= 15 is 0 Å². The van der Waals surface area contributed by atoms with Crippen LogP contribution < -0.4 is 11.1 Å². The molecule has 0 aliphatic rings. The third-order valence-corrected chi connectivity index (χ3v) is 7.41. The molecule has 1 radical (unpaired) electrons. The average molecular weight is 798 g/mol.